The van der Waals surface area contributed by atoms with Crippen LogP contribution in [-0.4, -0.2) is 9.55 Å². The fourth-order valence-electron chi connectivity index (χ4n) is 1.41. The average Bonchev–Trinajstić information content (AvgIpc) is 2.35. The van der Waals surface area contributed by atoms with Crippen LogP contribution in [-0.2, 0) is 6.54 Å². The van der Waals surface area contributed by atoms with Crippen LogP contribution in [0.3, 0.4) is 0 Å². The van der Waals surface area contributed by atoms with Crippen molar-refractivity contribution < 1.29 is 9.13 Å². The van der Waals surface area contributed by atoms with Gasteiger partial charge in [-0.3, -0.25) is 4.79 Å². The Morgan fingerprint density at radius 3 is 2.94 bits per heavy atom. The molecule has 0 aliphatic carbocycles. The standard InChI is InChI=1S/C12H10BrFN2O2/c1-2-16-6-5-15-11(12(16)17)18-10-4-3-8(13)7-9(10)14/h3-7H,2H2,1H3. The molecule has 0 radical (unpaired) electrons. The van der Waals surface area contributed by atoms with Crippen molar-refractivity contribution >= 4 is 15.9 Å². The lowest BCUT2D eigenvalue weighted by atomic mass is 10.3. The molecule has 6 heteroatoms. The molecule has 4 nitrogen and oxygen atoms in total. The highest BCUT2D eigenvalue weighted by Gasteiger charge is 2.10. The highest BCUT2D eigenvalue weighted by Crippen LogP contribution is 2.24. The minimum atomic E-state index is -0.558. The van der Waals surface area contributed by atoms with Crippen molar-refractivity contribution in [3.63, 3.8) is 0 Å². The number of rotatable bonds is 3. The summed E-state index contributed by atoms with van der Waals surface area (Å²) in [4.78, 5) is 15.6. The van der Waals surface area contributed by atoms with Crippen LogP contribution in [0.5, 0.6) is 11.6 Å². The van der Waals surface area contributed by atoms with Gasteiger partial charge in [0.15, 0.2) is 11.6 Å². The number of hydrogen-bond acceptors (Lipinski definition) is 3. The highest BCUT2D eigenvalue weighted by molar-refractivity contribution is 9.10. The molecule has 0 aliphatic rings. The first-order valence-corrected chi connectivity index (χ1v) is 6.09. The third kappa shape index (κ3) is 2.59. The molecule has 0 fully saturated rings. The van der Waals surface area contributed by atoms with E-state index >= 15 is 0 Å². The highest BCUT2D eigenvalue weighted by atomic mass is 79.9. The summed E-state index contributed by atoms with van der Waals surface area (Å²) in [5.74, 6) is -0.727. The molecule has 0 saturated carbocycles. The van der Waals surface area contributed by atoms with Gasteiger partial charge in [0.25, 0.3) is 5.88 Å². The smallest absolute Gasteiger partial charge is 0.313 e. The Morgan fingerprint density at radius 2 is 2.28 bits per heavy atom. The van der Waals surface area contributed by atoms with Gasteiger partial charge in [-0.1, -0.05) is 15.9 Å². The lowest BCUT2D eigenvalue weighted by molar-refractivity contribution is 0.415. The number of hydrogen-bond donors (Lipinski definition) is 0. The summed E-state index contributed by atoms with van der Waals surface area (Å²) in [7, 11) is 0. The van der Waals surface area contributed by atoms with Crippen LogP contribution >= 0.6 is 15.9 Å². The number of nitrogens with zero attached hydrogens (tertiary/aromatic N) is 2. The van der Waals surface area contributed by atoms with E-state index < -0.39 is 5.82 Å². The zero-order valence-electron chi connectivity index (χ0n) is 9.56. The lowest BCUT2D eigenvalue weighted by Crippen LogP contribution is -2.20. The Kier molecular flexibility index (Phi) is 3.76. The van der Waals surface area contributed by atoms with Gasteiger partial charge in [-0.15, -0.1) is 0 Å². The van der Waals surface area contributed by atoms with Crippen molar-refractivity contribution in [2.24, 2.45) is 0 Å². The van der Waals surface area contributed by atoms with Crippen molar-refractivity contribution in [2.75, 3.05) is 0 Å². The zero-order chi connectivity index (χ0) is 13.1. The van der Waals surface area contributed by atoms with Crippen LogP contribution in [0.25, 0.3) is 0 Å². The first-order valence-electron chi connectivity index (χ1n) is 5.30. The number of benzene rings is 1. The Labute approximate surface area is 111 Å². The van der Waals surface area contributed by atoms with E-state index in [0.29, 0.717) is 11.0 Å². The maximum Gasteiger partial charge on any atom is 0.313 e. The molecule has 2 aromatic rings. The molecule has 1 aromatic carbocycles. The quantitative estimate of drug-likeness (QED) is 0.875. The molecule has 0 aliphatic heterocycles. The van der Waals surface area contributed by atoms with Gasteiger partial charge in [0.05, 0.1) is 0 Å². The van der Waals surface area contributed by atoms with Gasteiger partial charge in [0.2, 0.25) is 0 Å². The van der Waals surface area contributed by atoms with E-state index in [9.17, 15) is 9.18 Å². The zero-order valence-corrected chi connectivity index (χ0v) is 11.1. The molecule has 0 atom stereocenters. The summed E-state index contributed by atoms with van der Waals surface area (Å²) in [5.41, 5.74) is -0.387. The number of ether oxygens (including phenoxy) is 1. The van der Waals surface area contributed by atoms with E-state index in [0.717, 1.165) is 0 Å². The number of halogens is 2. The van der Waals surface area contributed by atoms with Crippen molar-refractivity contribution in [3.8, 4) is 11.6 Å². The largest absolute Gasteiger partial charge is 0.432 e. The van der Waals surface area contributed by atoms with Crippen LogP contribution in [0.15, 0.2) is 39.9 Å². The van der Waals surface area contributed by atoms with Crippen LogP contribution in [0.4, 0.5) is 4.39 Å². The van der Waals surface area contributed by atoms with Gasteiger partial charge in [0, 0.05) is 23.4 Å². The fraction of sp³-hybridized carbons (Fsp3) is 0.167. The van der Waals surface area contributed by atoms with E-state index in [-0.39, 0.29) is 17.2 Å². The van der Waals surface area contributed by atoms with Crippen molar-refractivity contribution in [1.29, 1.82) is 0 Å². The van der Waals surface area contributed by atoms with E-state index in [1.165, 1.54) is 22.9 Å². The summed E-state index contributed by atoms with van der Waals surface area (Å²) in [6.45, 7) is 2.33. The molecule has 0 bridgehead atoms. The normalized spacial score (nSPS) is 10.4. The first-order chi connectivity index (χ1) is 8.61. The van der Waals surface area contributed by atoms with Crippen LogP contribution in [0.2, 0.25) is 0 Å². The molecule has 2 rings (SSSR count). The maximum atomic E-state index is 13.6. The third-order valence-corrected chi connectivity index (χ3v) is 2.82. The van der Waals surface area contributed by atoms with Crippen molar-refractivity contribution in [3.05, 3.63) is 51.2 Å². The molecular weight excluding hydrogens is 303 g/mol. The monoisotopic (exact) mass is 312 g/mol. The Balaban J connectivity index is 2.37. The summed E-state index contributed by atoms with van der Waals surface area (Å²) in [5, 5.41) is 0. The number of aryl methyl sites for hydroxylation is 1. The average molecular weight is 313 g/mol. The van der Waals surface area contributed by atoms with Crippen LogP contribution < -0.4 is 10.3 Å². The second-order valence-electron chi connectivity index (χ2n) is 3.50. The minimum Gasteiger partial charge on any atom is -0.432 e. The Hall–Kier alpha value is -1.69. The summed E-state index contributed by atoms with van der Waals surface area (Å²) >= 11 is 3.14. The van der Waals surface area contributed by atoms with Crippen molar-refractivity contribution in [1.82, 2.24) is 9.55 Å². The molecule has 0 saturated heterocycles. The summed E-state index contributed by atoms with van der Waals surface area (Å²) in [6, 6.07) is 4.32. The second kappa shape index (κ2) is 5.30. The summed E-state index contributed by atoms with van der Waals surface area (Å²) < 4.78 is 20.8. The minimum absolute atomic E-state index is 0.0309. The van der Waals surface area contributed by atoms with Crippen molar-refractivity contribution in [2.45, 2.75) is 13.5 Å². The third-order valence-electron chi connectivity index (χ3n) is 2.32. The summed E-state index contributed by atoms with van der Waals surface area (Å²) in [6.07, 6.45) is 2.99. The van der Waals surface area contributed by atoms with E-state index in [1.807, 2.05) is 6.92 Å². The van der Waals surface area contributed by atoms with Gasteiger partial charge in [0.1, 0.15) is 0 Å². The predicted molar refractivity (Wildman–Crippen MR) is 68.3 cm³/mol. The van der Waals surface area contributed by atoms with Crippen LogP contribution in [0.1, 0.15) is 6.92 Å². The maximum absolute atomic E-state index is 13.6. The fourth-order valence-corrected chi connectivity index (χ4v) is 1.74. The first kappa shape index (κ1) is 12.8. The SMILES string of the molecule is CCn1ccnc(Oc2ccc(Br)cc2F)c1=O. The van der Waals surface area contributed by atoms with E-state index in [1.54, 1.807) is 12.3 Å². The van der Waals surface area contributed by atoms with Gasteiger partial charge in [-0.25, -0.2) is 9.37 Å². The van der Waals surface area contributed by atoms with Gasteiger partial charge >= 0.3 is 5.56 Å². The molecule has 0 spiro atoms. The molecular formula is C12H10BrFN2O2. The molecule has 1 heterocycles. The molecule has 0 amide bonds. The van der Waals surface area contributed by atoms with Crippen LogP contribution in [0, 0.1) is 5.82 Å². The van der Waals surface area contributed by atoms with E-state index in [4.69, 9.17) is 4.74 Å². The predicted octanol–water partition coefficient (Wildman–Crippen LogP) is 2.96. The Morgan fingerprint density at radius 1 is 1.50 bits per heavy atom. The topological polar surface area (TPSA) is 44.1 Å². The lowest BCUT2D eigenvalue weighted by Gasteiger charge is -2.07. The van der Waals surface area contributed by atoms with E-state index in [2.05, 4.69) is 20.9 Å². The Bertz CT molecular complexity index is 628. The van der Waals surface area contributed by atoms with Gasteiger partial charge in [-0.2, -0.15) is 0 Å². The molecule has 0 unspecified atom stereocenters. The van der Waals surface area contributed by atoms with Gasteiger partial charge in [-0.05, 0) is 25.1 Å². The molecule has 1 aromatic heterocycles. The number of aromatic nitrogens is 2. The van der Waals surface area contributed by atoms with Gasteiger partial charge < -0.3 is 9.30 Å². The molecule has 18 heavy (non-hydrogen) atoms. The second-order valence-corrected chi connectivity index (χ2v) is 4.42. The molecule has 0 N–H and O–H groups in total. The molecule has 94 valence electrons.